The second kappa shape index (κ2) is 5.54. The van der Waals surface area contributed by atoms with Crippen LogP contribution in [0.4, 0.5) is 10.1 Å². The zero-order valence-electron chi connectivity index (χ0n) is 10.7. The number of hydrogen-bond donors (Lipinski definition) is 1. The van der Waals surface area contributed by atoms with Crippen molar-refractivity contribution in [2.24, 2.45) is 0 Å². The van der Waals surface area contributed by atoms with E-state index in [9.17, 15) is 9.18 Å². The highest BCUT2D eigenvalue weighted by Gasteiger charge is 2.21. The Hall–Kier alpha value is -2.02. The van der Waals surface area contributed by atoms with Gasteiger partial charge in [0.05, 0.1) is 17.8 Å². The van der Waals surface area contributed by atoms with Gasteiger partial charge in [-0.3, -0.25) is 0 Å². The SMILES string of the molecule is C#CCNc1cccc(C(=O)OC(C)(C)C)c1F. The maximum atomic E-state index is 14.0. The van der Waals surface area contributed by atoms with Crippen molar-refractivity contribution in [1.82, 2.24) is 0 Å². The average molecular weight is 249 g/mol. The van der Waals surface area contributed by atoms with Gasteiger partial charge in [-0.15, -0.1) is 6.42 Å². The van der Waals surface area contributed by atoms with Crippen LogP contribution in [-0.2, 0) is 4.74 Å². The van der Waals surface area contributed by atoms with Crippen LogP contribution in [0.15, 0.2) is 18.2 Å². The van der Waals surface area contributed by atoms with E-state index < -0.39 is 17.4 Å². The summed E-state index contributed by atoms with van der Waals surface area (Å²) in [5.74, 6) is 0.995. The molecule has 0 aliphatic rings. The van der Waals surface area contributed by atoms with Crippen LogP contribution in [0.3, 0.4) is 0 Å². The van der Waals surface area contributed by atoms with Crippen molar-refractivity contribution < 1.29 is 13.9 Å². The van der Waals surface area contributed by atoms with E-state index in [4.69, 9.17) is 11.2 Å². The Labute approximate surface area is 106 Å². The minimum Gasteiger partial charge on any atom is -0.456 e. The number of nitrogens with one attached hydrogen (secondary N) is 1. The van der Waals surface area contributed by atoms with Gasteiger partial charge in [-0.2, -0.15) is 0 Å². The summed E-state index contributed by atoms with van der Waals surface area (Å²) in [7, 11) is 0. The van der Waals surface area contributed by atoms with Crippen LogP contribution in [0.5, 0.6) is 0 Å². The van der Waals surface area contributed by atoms with Crippen molar-refractivity contribution in [3.63, 3.8) is 0 Å². The summed E-state index contributed by atoms with van der Waals surface area (Å²) in [5.41, 5.74) is -0.575. The number of terminal acetylenes is 1. The maximum Gasteiger partial charge on any atom is 0.341 e. The van der Waals surface area contributed by atoms with E-state index in [2.05, 4.69) is 11.2 Å². The Balaban J connectivity index is 2.97. The van der Waals surface area contributed by atoms with Crippen LogP contribution < -0.4 is 5.32 Å². The lowest BCUT2D eigenvalue weighted by molar-refractivity contribution is 0.00649. The Bertz CT molecular complexity index is 484. The first-order chi connectivity index (χ1) is 8.35. The molecule has 1 aromatic rings. The largest absolute Gasteiger partial charge is 0.456 e. The van der Waals surface area contributed by atoms with Crippen LogP contribution in [0.25, 0.3) is 0 Å². The summed E-state index contributed by atoms with van der Waals surface area (Å²) >= 11 is 0. The van der Waals surface area contributed by atoms with Crippen LogP contribution in [0.1, 0.15) is 31.1 Å². The van der Waals surface area contributed by atoms with E-state index in [1.54, 1.807) is 26.8 Å². The quantitative estimate of drug-likeness (QED) is 0.661. The standard InChI is InChI=1S/C14H16FNO2/c1-5-9-16-11-8-6-7-10(12(11)15)13(17)18-14(2,3)4/h1,6-8,16H,9H2,2-4H3. The number of halogens is 1. The van der Waals surface area contributed by atoms with Crippen molar-refractivity contribution in [3.05, 3.63) is 29.6 Å². The highest BCUT2D eigenvalue weighted by atomic mass is 19.1. The topological polar surface area (TPSA) is 38.3 Å². The molecule has 0 amide bonds. The van der Waals surface area contributed by atoms with Crippen molar-refractivity contribution in [1.29, 1.82) is 0 Å². The number of benzene rings is 1. The summed E-state index contributed by atoms with van der Waals surface area (Å²) in [4.78, 5) is 11.8. The van der Waals surface area contributed by atoms with Gasteiger partial charge in [0.2, 0.25) is 0 Å². The molecule has 1 N–H and O–H groups in total. The van der Waals surface area contributed by atoms with Crippen molar-refractivity contribution in [3.8, 4) is 12.3 Å². The molecule has 0 saturated carbocycles. The van der Waals surface area contributed by atoms with Gasteiger partial charge < -0.3 is 10.1 Å². The molecule has 4 heteroatoms. The average Bonchev–Trinajstić information content (AvgIpc) is 2.25. The molecule has 3 nitrogen and oxygen atoms in total. The fraction of sp³-hybridized carbons (Fsp3) is 0.357. The van der Waals surface area contributed by atoms with E-state index in [-0.39, 0.29) is 17.8 Å². The molecule has 0 spiro atoms. The van der Waals surface area contributed by atoms with Gasteiger partial charge in [-0.05, 0) is 32.9 Å². The monoisotopic (exact) mass is 249 g/mol. The molecular formula is C14H16FNO2. The lowest BCUT2D eigenvalue weighted by Crippen LogP contribution is -2.24. The van der Waals surface area contributed by atoms with E-state index in [0.29, 0.717) is 0 Å². The van der Waals surface area contributed by atoms with Crippen LogP contribution in [-0.4, -0.2) is 18.1 Å². The lowest BCUT2D eigenvalue weighted by Gasteiger charge is -2.20. The molecule has 0 atom stereocenters. The number of esters is 1. The number of hydrogen-bond acceptors (Lipinski definition) is 3. The van der Waals surface area contributed by atoms with Gasteiger partial charge in [0, 0.05) is 0 Å². The van der Waals surface area contributed by atoms with Gasteiger partial charge in [-0.1, -0.05) is 12.0 Å². The Morgan fingerprint density at radius 1 is 1.50 bits per heavy atom. The van der Waals surface area contributed by atoms with Gasteiger partial charge in [0.25, 0.3) is 0 Å². The molecule has 1 rings (SSSR count). The molecule has 1 aromatic carbocycles. The van der Waals surface area contributed by atoms with Crippen LogP contribution >= 0.6 is 0 Å². The van der Waals surface area contributed by atoms with Gasteiger partial charge in [0.15, 0.2) is 5.82 Å². The minimum atomic E-state index is -0.690. The first-order valence-corrected chi connectivity index (χ1v) is 5.54. The second-order valence-electron chi connectivity index (χ2n) is 4.73. The van der Waals surface area contributed by atoms with E-state index in [1.807, 2.05) is 0 Å². The number of carbonyl (C=O) groups excluding carboxylic acids is 1. The normalized spacial score (nSPS) is 10.6. The zero-order chi connectivity index (χ0) is 13.8. The van der Waals surface area contributed by atoms with Gasteiger partial charge in [-0.25, -0.2) is 9.18 Å². The fourth-order valence-electron chi connectivity index (χ4n) is 1.31. The number of rotatable bonds is 3. The zero-order valence-corrected chi connectivity index (χ0v) is 10.7. The molecule has 0 heterocycles. The highest BCUT2D eigenvalue weighted by Crippen LogP contribution is 2.20. The molecule has 0 aromatic heterocycles. The minimum absolute atomic E-state index is 0.105. The third-order valence-corrected chi connectivity index (χ3v) is 2.00. The third-order valence-electron chi connectivity index (χ3n) is 2.00. The second-order valence-corrected chi connectivity index (χ2v) is 4.73. The Morgan fingerprint density at radius 3 is 2.72 bits per heavy atom. The van der Waals surface area contributed by atoms with E-state index >= 15 is 0 Å². The summed E-state index contributed by atoms with van der Waals surface area (Å²) < 4.78 is 19.1. The van der Waals surface area contributed by atoms with Gasteiger partial charge >= 0.3 is 5.97 Å². The molecule has 0 aliphatic carbocycles. The first-order valence-electron chi connectivity index (χ1n) is 5.54. The molecule has 96 valence electrons. The molecule has 18 heavy (non-hydrogen) atoms. The van der Waals surface area contributed by atoms with E-state index in [1.165, 1.54) is 12.1 Å². The molecule has 0 fully saturated rings. The van der Waals surface area contributed by atoms with E-state index in [0.717, 1.165) is 0 Å². The van der Waals surface area contributed by atoms with Crippen molar-refractivity contribution in [2.45, 2.75) is 26.4 Å². The number of ether oxygens (including phenoxy) is 1. The molecule has 0 radical (unpaired) electrons. The smallest absolute Gasteiger partial charge is 0.341 e. The predicted molar refractivity (Wildman–Crippen MR) is 68.9 cm³/mol. The lowest BCUT2D eigenvalue weighted by atomic mass is 10.1. The Morgan fingerprint density at radius 2 is 2.17 bits per heavy atom. The molecule has 0 aliphatic heterocycles. The third kappa shape index (κ3) is 3.77. The van der Waals surface area contributed by atoms with Crippen LogP contribution in [0, 0.1) is 18.2 Å². The predicted octanol–water partition coefficient (Wildman–Crippen LogP) is 2.83. The maximum absolute atomic E-state index is 14.0. The summed E-state index contributed by atoms with van der Waals surface area (Å²) in [6, 6.07) is 4.46. The van der Waals surface area contributed by atoms with Gasteiger partial charge in [0.1, 0.15) is 5.60 Å². The molecule has 0 unspecified atom stereocenters. The summed E-state index contributed by atoms with van der Waals surface area (Å²) in [6.45, 7) is 5.37. The number of carbonyl (C=O) groups is 1. The Kier molecular flexibility index (Phi) is 4.33. The fourth-order valence-corrected chi connectivity index (χ4v) is 1.31. The summed E-state index contributed by atoms with van der Waals surface area (Å²) in [5, 5.41) is 2.70. The first kappa shape index (κ1) is 14.0. The van der Waals surface area contributed by atoms with Crippen molar-refractivity contribution >= 4 is 11.7 Å². The number of anilines is 1. The summed E-state index contributed by atoms with van der Waals surface area (Å²) in [6.07, 6.45) is 5.08. The van der Waals surface area contributed by atoms with Crippen LogP contribution in [0.2, 0.25) is 0 Å². The highest BCUT2D eigenvalue weighted by molar-refractivity contribution is 5.91. The molecular weight excluding hydrogens is 233 g/mol. The molecule has 0 bridgehead atoms. The molecule has 0 saturated heterocycles. The van der Waals surface area contributed by atoms with Crippen molar-refractivity contribution in [2.75, 3.05) is 11.9 Å².